The lowest BCUT2D eigenvalue weighted by molar-refractivity contribution is 0.0789. The van der Waals surface area contributed by atoms with Crippen LogP contribution < -0.4 is 20.1 Å². The summed E-state index contributed by atoms with van der Waals surface area (Å²) in [4.78, 5) is 33.5. The number of carbonyl (C=O) groups is 1. The first-order chi connectivity index (χ1) is 18.1. The molecule has 1 amide bonds. The molecule has 1 unspecified atom stereocenters. The van der Waals surface area contributed by atoms with Crippen molar-refractivity contribution in [3.8, 4) is 11.5 Å². The molecule has 1 atom stereocenters. The van der Waals surface area contributed by atoms with Crippen LogP contribution in [0.5, 0.6) is 11.5 Å². The zero-order valence-corrected chi connectivity index (χ0v) is 21.8. The first-order valence-corrected chi connectivity index (χ1v) is 13.0. The molecule has 4 heterocycles. The van der Waals surface area contributed by atoms with Gasteiger partial charge >= 0.3 is 0 Å². The van der Waals surface area contributed by atoms with Gasteiger partial charge in [-0.2, -0.15) is 9.97 Å². The summed E-state index contributed by atoms with van der Waals surface area (Å²) in [6, 6.07) is 9.53. The topological polar surface area (TPSA) is 114 Å². The molecule has 192 valence electrons. The number of methoxy groups -OCH3 is 2. The lowest BCUT2D eigenvalue weighted by Crippen LogP contribution is -2.29. The lowest BCUT2D eigenvalue weighted by Gasteiger charge is -2.17. The Morgan fingerprint density at radius 3 is 2.65 bits per heavy atom. The standard InChI is InChI=1S/C26H29N7O3S/c1-16(18-7-6-10-27-15-18)29-25-30-21(24(34)33-11-4-5-12-33)22-23(31-25)32-26(37-22)28-14-17-8-9-19(35-2)20(13-17)36-3/h6-10,13,15-16H,4-5,11-12,14H2,1-3H3,(H2,28,29,30,31,32). The fourth-order valence-electron chi connectivity index (χ4n) is 4.26. The number of ether oxygens (including phenoxy) is 2. The summed E-state index contributed by atoms with van der Waals surface area (Å²) in [5.74, 6) is 1.61. The number of carbonyl (C=O) groups excluding carboxylic acids is 1. The monoisotopic (exact) mass is 519 g/mol. The van der Waals surface area contributed by atoms with Gasteiger partial charge in [-0.05, 0) is 49.1 Å². The Morgan fingerprint density at radius 2 is 1.92 bits per heavy atom. The van der Waals surface area contributed by atoms with Gasteiger partial charge in [-0.25, -0.2) is 4.98 Å². The number of nitrogens with one attached hydrogen (secondary N) is 2. The highest BCUT2D eigenvalue weighted by atomic mass is 32.1. The number of anilines is 2. The third kappa shape index (κ3) is 5.41. The minimum Gasteiger partial charge on any atom is -0.493 e. The minimum atomic E-state index is -0.0952. The summed E-state index contributed by atoms with van der Waals surface area (Å²) in [7, 11) is 3.22. The van der Waals surface area contributed by atoms with Crippen LogP contribution in [0.1, 0.15) is 47.4 Å². The van der Waals surface area contributed by atoms with E-state index in [1.165, 1.54) is 11.3 Å². The van der Waals surface area contributed by atoms with Crippen molar-refractivity contribution < 1.29 is 14.3 Å². The number of fused-ring (bicyclic) bond motifs is 1. The van der Waals surface area contributed by atoms with E-state index in [0.29, 0.717) is 45.2 Å². The summed E-state index contributed by atoms with van der Waals surface area (Å²) < 4.78 is 11.4. The molecule has 4 aromatic rings. The fourth-order valence-corrected chi connectivity index (χ4v) is 5.14. The minimum absolute atomic E-state index is 0.0860. The van der Waals surface area contributed by atoms with E-state index in [-0.39, 0.29) is 11.9 Å². The van der Waals surface area contributed by atoms with E-state index in [4.69, 9.17) is 14.5 Å². The molecule has 1 aliphatic rings. The molecular weight excluding hydrogens is 490 g/mol. The van der Waals surface area contributed by atoms with Crippen molar-refractivity contribution in [2.75, 3.05) is 37.9 Å². The van der Waals surface area contributed by atoms with E-state index in [9.17, 15) is 4.79 Å². The SMILES string of the molecule is COc1ccc(CNc2nc3nc(NC(C)c4cccnc4)nc(C(=O)N4CCCC4)c3s2)cc1OC. The number of aromatic nitrogens is 4. The second-order valence-corrected chi connectivity index (χ2v) is 9.76. The van der Waals surface area contributed by atoms with Crippen LogP contribution in [0.2, 0.25) is 0 Å². The van der Waals surface area contributed by atoms with Crippen LogP contribution in [0.3, 0.4) is 0 Å². The predicted octanol–water partition coefficient (Wildman–Crippen LogP) is 4.52. The highest BCUT2D eigenvalue weighted by Crippen LogP contribution is 2.32. The van der Waals surface area contributed by atoms with Crippen molar-refractivity contribution in [3.05, 3.63) is 59.5 Å². The summed E-state index contributed by atoms with van der Waals surface area (Å²) in [6.07, 6.45) is 5.54. The second-order valence-electron chi connectivity index (χ2n) is 8.76. The molecule has 5 rings (SSSR count). The maximum absolute atomic E-state index is 13.4. The quantitative estimate of drug-likeness (QED) is 0.329. The summed E-state index contributed by atoms with van der Waals surface area (Å²) in [5.41, 5.74) is 2.86. The van der Waals surface area contributed by atoms with Crippen LogP contribution in [-0.2, 0) is 6.54 Å². The molecule has 0 bridgehead atoms. The van der Waals surface area contributed by atoms with Crippen LogP contribution >= 0.6 is 11.3 Å². The first kappa shape index (κ1) is 24.7. The van der Waals surface area contributed by atoms with Gasteiger partial charge in [0.05, 0.1) is 20.3 Å². The normalized spacial score (nSPS) is 14.0. The van der Waals surface area contributed by atoms with Crippen molar-refractivity contribution in [2.24, 2.45) is 0 Å². The zero-order valence-electron chi connectivity index (χ0n) is 21.0. The summed E-state index contributed by atoms with van der Waals surface area (Å²) in [6.45, 7) is 4.00. The number of hydrogen-bond donors (Lipinski definition) is 2. The average Bonchev–Trinajstić information content (AvgIpc) is 3.61. The number of thiazole rings is 1. The van der Waals surface area contributed by atoms with Crippen LogP contribution in [-0.4, -0.2) is 58.1 Å². The molecule has 2 N–H and O–H groups in total. The van der Waals surface area contributed by atoms with Crippen LogP contribution in [0.15, 0.2) is 42.7 Å². The largest absolute Gasteiger partial charge is 0.493 e. The molecule has 1 aliphatic heterocycles. The van der Waals surface area contributed by atoms with Crippen LogP contribution in [0, 0.1) is 0 Å². The van der Waals surface area contributed by atoms with E-state index < -0.39 is 0 Å². The van der Waals surface area contributed by atoms with Gasteiger partial charge in [-0.1, -0.05) is 23.5 Å². The lowest BCUT2D eigenvalue weighted by atomic mass is 10.1. The Kier molecular flexibility index (Phi) is 7.31. The number of benzene rings is 1. The third-order valence-electron chi connectivity index (χ3n) is 6.27. The van der Waals surface area contributed by atoms with Crippen molar-refractivity contribution in [1.82, 2.24) is 24.8 Å². The van der Waals surface area contributed by atoms with Gasteiger partial charge in [-0.15, -0.1) is 0 Å². The molecule has 0 saturated carbocycles. The number of pyridine rings is 1. The predicted molar refractivity (Wildman–Crippen MR) is 143 cm³/mol. The maximum Gasteiger partial charge on any atom is 0.274 e. The number of amides is 1. The molecule has 3 aromatic heterocycles. The highest BCUT2D eigenvalue weighted by molar-refractivity contribution is 7.22. The summed E-state index contributed by atoms with van der Waals surface area (Å²) >= 11 is 1.38. The molecule has 10 nitrogen and oxygen atoms in total. The average molecular weight is 520 g/mol. The Labute approximate surface area is 219 Å². The smallest absolute Gasteiger partial charge is 0.274 e. The zero-order chi connectivity index (χ0) is 25.8. The van der Waals surface area contributed by atoms with Gasteiger partial charge in [0.1, 0.15) is 4.70 Å². The first-order valence-electron chi connectivity index (χ1n) is 12.1. The fraction of sp³-hybridized carbons (Fsp3) is 0.346. The maximum atomic E-state index is 13.4. The summed E-state index contributed by atoms with van der Waals surface area (Å²) in [5, 5.41) is 7.32. The Balaban J connectivity index is 1.43. The number of likely N-dealkylation sites (tertiary alicyclic amines) is 1. The number of nitrogens with zero attached hydrogens (tertiary/aromatic N) is 5. The molecule has 0 spiro atoms. The molecule has 37 heavy (non-hydrogen) atoms. The molecule has 1 aromatic carbocycles. The third-order valence-corrected chi connectivity index (χ3v) is 7.28. The van der Waals surface area contributed by atoms with E-state index in [2.05, 4.69) is 25.6 Å². The van der Waals surface area contributed by atoms with E-state index in [1.54, 1.807) is 26.6 Å². The van der Waals surface area contributed by atoms with E-state index >= 15 is 0 Å². The molecular formula is C26H29N7O3S. The number of hydrogen-bond acceptors (Lipinski definition) is 10. The molecule has 1 saturated heterocycles. The van der Waals surface area contributed by atoms with Crippen molar-refractivity contribution in [1.29, 1.82) is 0 Å². The highest BCUT2D eigenvalue weighted by Gasteiger charge is 2.26. The van der Waals surface area contributed by atoms with Gasteiger partial charge in [-0.3, -0.25) is 9.78 Å². The molecule has 0 aliphatic carbocycles. The molecule has 1 fully saturated rings. The van der Waals surface area contributed by atoms with Crippen molar-refractivity contribution in [2.45, 2.75) is 32.4 Å². The Hall–Kier alpha value is -3.99. The van der Waals surface area contributed by atoms with Crippen LogP contribution in [0.4, 0.5) is 11.1 Å². The van der Waals surface area contributed by atoms with Crippen molar-refractivity contribution >= 4 is 38.7 Å². The van der Waals surface area contributed by atoms with Gasteiger partial charge in [0.15, 0.2) is 28.0 Å². The van der Waals surface area contributed by atoms with Gasteiger partial charge in [0, 0.05) is 32.0 Å². The second kappa shape index (κ2) is 11.0. The van der Waals surface area contributed by atoms with Gasteiger partial charge in [0.25, 0.3) is 5.91 Å². The van der Waals surface area contributed by atoms with Crippen LogP contribution in [0.25, 0.3) is 10.3 Å². The Bertz CT molecular complexity index is 1390. The van der Waals surface area contributed by atoms with Gasteiger partial charge in [0.2, 0.25) is 5.95 Å². The Morgan fingerprint density at radius 1 is 1.11 bits per heavy atom. The van der Waals surface area contributed by atoms with Gasteiger partial charge < -0.3 is 25.0 Å². The molecule has 11 heteroatoms. The van der Waals surface area contributed by atoms with E-state index in [0.717, 1.165) is 37.1 Å². The number of rotatable bonds is 9. The molecule has 0 radical (unpaired) electrons. The van der Waals surface area contributed by atoms with E-state index in [1.807, 2.05) is 42.2 Å². The van der Waals surface area contributed by atoms with Crippen molar-refractivity contribution in [3.63, 3.8) is 0 Å².